The van der Waals surface area contributed by atoms with Gasteiger partial charge in [-0.15, -0.1) is 11.8 Å². The fraction of sp³-hybridized carbons (Fsp3) is 0.318. The fourth-order valence-corrected chi connectivity index (χ4v) is 3.95. The number of hydrogen-bond donors (Lipinski definition) is 1. The van der Waals surface area contributed by atoms with Gasteiger partial charge in [0.1, 0.15) is 0 Å². The molecule has 1 saturated heterocycles. The average molecular weight is 409 g/mol. The molecule has 1 fully saturated rings. The van der Waals surface area contributed by atoms with E-state index in [4.69, 9.17) is 4.52 Å². The van der Waals surface area contributed by atoms with E-state index in [1.165, 1.54) is 4.90 Å². The number of aryl methyl sites for hydroxylation is 1. The number of urea groups is 1. The lowest BCUT2D eigenvalue weighted by molar-refractivity contribution is 0.184. The third-order valence-corrected chi connectivity index (χ3v) is 5.86. The molecular formula is C22H24N4O2S. The van der Waals surface area contributed by atoms with Crippen molar-refractivity contribution in [3.8, 4) is 11.4 Å². The van der Waals surface area contributed by atoms with Gasteiger partial charge in [0.05, 0.1) is 5.92 Å². The number of likely N-dealkylation sites (tertiary alicyclic amines) is 1. The summed E-state index contributed by atoms with van der Waals surface area (Å²) in [6.07, 6.45) is 3.87. The van der Waals surface area contributed by atoms with Crippen LogP contribution in [0.15, 0.2) is 57.9 Å². The molecule has 1 atom stereocenters. The molecule has 29 heavy (non-hydrogen) atoms. The first-order valence-electron chi connectivity index (χ1n) is 9.73. The number of anilines is 1. The number of aromatic nitrogens is 2. The maximum atomic E-state index is 12.7. The van der Waals surface area contributed by atoms with Crippen LogP contribution in [0.2, 0.25) is 0 Å². The number of nitrogens with zero attached hydrogens (tertiary/aromatic N) is 3. The van der Waals surface area contributed by atoms with Gasteiger partial charge < -0.3 is 14.7 Å². The normalized spacial score (nSPS) is 16.6. The van der Waals surface area contributed by atoms with Crippen LogP contribution in [0.4, 0.5) is 10.5 Å². The van der Waals surface area contributed by atoms with Gasteiger partial charge in [-0.2, -0.15) is 4.98 Å². The Bertz CT molecular complexity index is 986. The highest BCUT2D eigenvalue weighted by molar-refractivity contribution is 7.98. The zero-order chi connectivity index (χ0) is 20.2. The number of rotatable bonds is 4. The SMILES string of the molecule is CSc1ccc(NC(=O)N2CCC[C@H](c3nc(-c4cccc(C)c4)no3)C2)cc1. The third-order valence-electron chi connectivity index (χ3n) is 5.12. The lowest BCUT2D eigenvalue weighted by Crippen LogP contribution is -2.41. The maximum Gasteiger partial charge on any atom is 0.321 e. The first kappa shape index (κ1) is 19.5. The second kappa shape index (κ2) is 8.69. The summed E-state index contributed by atoms with van der Waals surface area (Å²) in [6.45, 7) is 3.34. The zero-order valence-electron chi connectivity index (χ0n) is 16.6. The summed E-state index contributed by atoms with van der Waals surface area (Å²) in [5, 5.41) is 7.13. The molecule has 2 heterocycles. The zero-order valence-corrected chi connectivity index (χ0v) is 17.4. The molecule has 6 nitrogen and oxygen atoms in total. The highest BCUT2D eigenvalue weighted by atomic mass is 32.2. The summed E-state index contributed by atoms with van der Waals surface area (Å²) in [5.74, 6) is 1.25. The molecule has 1 aromatic heterocycles. The second-order valence-electron chi connectivity index (χ2n) is 7.27. The number of nitrogens with one attached hydrogen (secondary N) is 1. The number of piperidine rings is 1. The Morgan fingerprint density at radius 1 is 1.24 bits per heavy atom. The topological polar surface area (TPSA) is 71.3 Å². The van der Waals surface area contributed by atoms with Gasteiger partial charge in [-0.3, -0.25) is 0 Å². The van der Waals surface area contributed by atoms with Gasteiger partial charge >= 0.3 is 6.03 Å². The van der Waals surface area contributed by atoms with E-state index in [-0.39, 0.29) is 11.9 Å². The predicted octanol–water partition coefficient (Wildman–Crippen LogP) is 5.18. The fourth-order valence-electron chi connectivity index (χ4n) is 3.54. The van der Waals surface area contributed by atoms with E-state index in [1.807, 2.05) is 66.6 Å². The minimum atomic E-state index is -0.0926. The van der Waals surface area contributed by atoms with Crippen LogP contribution < -0.4 is 5.32 Å². The van der Waals surface area contributed by atoms with E-state index in [1.54, 1.807) is 11.8 Å². The monoisotopic (exact) mass is 408 g/mol. The Morgan fingerprint density at radius 2 is 2.07 bits per heavy atom. The smallest absolute Gasteiger partial charge is 0.321 e. The summed E-state index contributed by atoms with van der Waals surface area (Å²) in [6, 6.07) is 15.8. The van der Waals surface area contributed by atoms with Crippen LogP contribution in [0.3, 0.4) is 0 Å². The lowest BCUT2D eigenvalue weighted by Gasteiger charge is -2.31. The molecular weight excluding hydrogens is 384 g/mol. The van der Waals surface area contributed by atoms with Crippen LogP contribution in [-0.2, 0) is 0 Å². The van der Waals surface area contributed by atoms with Crippen molar-refractivity contribution in [2.75, 3.05) is 24.7 Å². The first-order chi connectivity index (χ1) is 14.1. The Balaban J connectivity index is 1.42. The van der Waals surface area contributed by atoms with Crippen LogP contribution in [-0.4, -0.2) is 40.4 Å². The lowest BCUT2D eigenvalue weighted by atomic mass is 9.98. The standard InChI is InChI=1S/C22H24N4O2S/c1-15-5-3-6-16(13-15)20-24-21(28-25-20)17-7-4-12-26(14-17)22(27)23-18-8-10-19(29-2)11-9-18/h3,5-6,8-11,13,17H,4,7,12,14H2,1-2H3,(H,23,27)/t17-/m0/s1. The summed E-state index contributed by atoms with van der Waals surface area (Å²) in [5.41, 5.74) is 2.90. The van der Waals surface area contributed by atoms with E-state index in [0.29, 0.717) is 18.3 Å². The molecule has 0 unspecified atom stereocenters. The van der Waals surface area contributed by atoms with Gasteiger partial charge in [0.25, 0.3) is 0 Å². The molecule has 1 N–H and O–H groups in total. The van der Waals surface area contributed by atoms with Crippen molar-refractivity contribution >= 4 is 23.5 Å². The molecule has 7 heteroatoms. The van der Waals surface area contributed by atoms with E-state index in [0.717, 1.165) is 36.2 Å². The van der Waals surface area contributed by atoms with Crippen molar-refractivity contribution in [1.29, 1.82) is 0 Å². The number of thioether (sulfide) groups is 1. The number of carbonyl (C=O) groups is 1. The number of hydrogen-bond acceptors (Lipinski definition) is 5. The van der Waals surface area contributed by atoms with Gasteiger partial charge in [-0.25, -0.2) is 4.79 Å². The molecule has 0 spiro atoms. The Morgan fingerprint density at radius 3 is 2.83 bits per heavy atom. The number of benzene rings is 2. The molecule has 2 aromatic carbocycles. The van der Waals surface area contributed by atoms with Crippen LogP contribution >= 0.6 is 11.8 Å². The van der Waals surface area contributed by atoms with Crippen molar-refractivity contribution in [3.05, 3.63) is 60.0 Å². The Kier molecular flexibility index (Phi) is 5.85. The first-order valence-corrected chi connectivity index (χ1v) is 11.0. The van der Waals surface area contributed by atoms with Crippen LogP contribution in [0.1, 0.15) is 30.2 Å². The summed E-state index contributed by atoms with van der Waals surface area (Å²) in [4.78, 5) is 20.3. The predicted molar refractivity (Wildman–Crippen MR) is 115 cm³/mol. The van der Waals surface area contributed by atoms with Gasteiger partial charge in [0, 0.05) is 29.2 Å². The van der Waals surface area contributed by atoms with Gasteiger partial charge in [-0.05, 0) is 56.4 Å². The molecule has 0 saturated carbocycles. The molecule has 0 radical (unpaired) electrons. The minimum Gasteiger partial charge on any atom is -0.339 e. The highest BCUT2D eigenvalue weighted by Crippen LogP contribution is 2.28. The van der Waals surface area contributed by atoms with Crippen molar-refractivity contribution in [2.24, 2.45) is 0 Å². The Labute approximate surface area is 174 Å². The van der Waals surface area contributed by atoms with Crippen molar-refractivity contribution in [1.82, 2.24) is 15.0 Å². The molecule has 1 aliphatic rings. The largest absolute Gasteiger partial charge is 0.339 e. The molecule has 3 aromatic rings. The summed E-state index contributed by atoms with van der Waals surface area (Å²) < 4.78 is 5.55. The van der Waals surface area contributed by atoms with E-state index in [9.17, 15) is 4.79 Å². The minimum absolute atomic E-state index is 0.0550. The van der Waals surface area contributed by atoms with Gasteiger partial charge in [0.2, 0.25) is 11.7 Å². The van der Waals surface area contributed by atoms with Crippen LogP contribution in [0, 0.1) is 6.92 Å². The van der Waals surface area contributed by atoms with Gasteiger partial charge in [0.15, 0.2) is 0 Å². The molecule has 150 valence electrons. The number of amides is 2. The van der Waals surface area contributed by atoms with Crippen LogP contribution in [0.25, 0.3) is 11.4 Å². The van der Waals surface area contributed by atoms with Crippen LogP contribution in [0.5, 0.6) is 0 Å². The van der Waals surface area contributed by atoms with E-state index in [2.05, 4.69) is 15.5 Å². The van der Waals surface area contributed by atoms with Crippen molar-refractivity contribution in [3.63, 3.8) is 0 Å². The van der Waals surface area contributed by atoms with E-state index >= 15 is 0 Å². The maximum absolute atomic E-state index is 12.7. The molecule has 1 aliphatic heterocycles. The molecule has 0 bridgehead atoms. The quantitative estimate of drug-likeness (QED) is 0.603. The third kappa shape index (κ3) is 4.62. The van der Waals surface area contributed by atoms with Crippen molar-refractivity contribution < 1.29 is 9.32 Å². The highest BCUT2D eigenvalue weighted by Gasteiger charge is 2.28. The number of carbonyl (C=O) groups excluding carboxylic acids is 1. The van der Waals surface area contributed by atoms with Gasteiger partial charge in [-0.1, -0.05) is 28.9 Å². The van der Waals surface area contributed by atoms with E-state index < -0.39 is 0 Å². The molecule has 0 aliphatic carbocycles. The molecule has 4 rings (SSSR count). The Hall–Kier alpha value is -2.80. The second-order valence-corrected chi connectivity index (χ2v) is 8.15. The molecule has 2 amide bonds. The van der Waals surface area contributed by atoms with Crippen molar-refractivity contribution in [2.45, 2.75) is 30.6 Å². The summed E-state index contributed by atoms with van der Waals surface area (Å²) >= 11 is 1.68. The average Bonchev–Trinajstić information content (AvgIpc) is 3.25. The summed E-state index contributed by atoms with van der Waals surface area (Å²) in [7, 11) is 0.